The molecule has 16 heavy (non-hydrogen) atoms. The van der Waals surface area contributed by atoms with Gasteiger partial charge < -0.3 is 15.2 Å². The van der Waals surface area contributed by atoms with Crippen molar-refractivity contribution in [3.63, 3.8) is 0 Å². The molecule has 88 valence electrons. The van der Waals surface area contributed by atoms with Gasteiger partial charge in [0, 0.05) is 6.54 Å². The van der Waals surface area contributed by atoms with Gasteiger partial charge in [-0.1, -0.05) is 6.07 Å². The van der Waals surface area contributed by atoms with Crippen molar-refractivity contribution in [1.29, 1.82) is 0 Å². The zero-order chi connectivity index (χ0) is 12.1. The van der Waals surface area contributed by atoms with Crippen molar-refractivity contribution in [3.05, 3.63) is 28.8 Å². The fourth-order valence-corrected chi connectivity index (χ4v) is 1.57. The van der Waals surface area contributed by atoms with Gasteiger partial charge in [0.15, 0.2) is 0 Å². The number of nitrogens with one attached hydrogen (secondary N) is 1. The van der Waals surface area contributed by atoms with Crippen LogP contribution < -0.4 is 10.1 Å². The SMILES string of the molecule is COc1ccc(CNCC(=O)O)c(C)c1C. The van der Waals surface area contributed by atoms with Crippen molar-refractivity contribution < 1.29 is 14.6 Å². The first-order valence-corrected chi connectivity index (χ1v) is 5.12. The lowest BCUT2D eigenvalue weighted by Crippen LogP contribution is -2.22. The molecule has 0 radical (unpaired) electrons. The average Bonchev–Trinajstić information content (AvgIpc) is 2.24. The van der Waals surface area contributed by atoms with Gasteiger partial charge in [-0.3, -0.25) is 4.79 Å². The van der Waals surface area contributed by atoms with Crippen molar-refractivity contribution in [1.82, 2.24) is 5.32 Å². The van der Waals surface area contributed by atoms with Crippen LogP contribution in [0, 0.1) is 13.8 Å². The summed E-state index contributed by atoms with van der Waals surface area (Å²) in [5.74, 6) is 0.0161. The van der Waals surface area contributed by atoms with Gasteiger partial charge in [0.05, 0.1) is 13.7 Å². The molecule has 1 aromatic rings. The second-order valence-corrected chi connectivity index (χ2v) is 3.67. The maximum absolute atomic E-state index is 10.4. The quantitative estimate of drug-likeness (QED) is 0.794. The molecule has 0 spiro atoms. The minimum atomic E-state index is -0.845. The van der Waals surface area contributed by atoms with Gasteiger partial charge in [-0.05, 0) is 36.6 Å². The third-order valence-electron chi connectivity index (χ3n) is 2.66. The molecular formula is C12H17NO3. The molecule has 4 nitrogen and oxygen atoms in total. The number of carboxylic acid groups (broad SMARTS) is 1. The fraction of sp³-hybridized carbons (Fsp3) is 0.417. The molecule has 0 bridgehead atoms. The van der Waals surface area contributed by atoms with E-state index in [1.807, 2.05) is 26.0 Å². The Balaban J connectivity index is 2.74. The van der Waals surface area contributed by atoms with Crippen molar-refractivity contribution >= 4 is 5.97 Å². The number of rotatable bonds is 5. The van der Waals surface area contributed by atoms with E-state index in [0.29, 0.717) is 6.54 Å². The molecule has 1 rings (SSSR count). The predicted molar refractivity (Wildman–Crippen MR) is 61.8 cm³/mol. The van der Waals surface area contributed by atoms with E-state index in [1.54, 1.807) is 7.11 Å². The standard InChI is InChI=1S/C12H17NO3/c1-8-9(2)11(16-3)5-4-10(8)6-13-7-12(14)15/h4-5,13H,6-7H2,1-3H3,(H,14,15). The number of ether oxygens (including phenoxy) is 1. The van der Waals surface area contributed by atoms with Crippen molar-refractivity contribution in [2.75, 3.05) is 13.7 Å². The van der Waals surface area contributed by atoms with Gasteiger partial charge in [0.2, 0.25) is 0 Å². The monoisotopic (exact) mass is 223 g/mol. The summed E-state index contributed by atoms with van der Waals surface area (Å²) in [6.45, 7) is 4.54. The molecule has 0 unspecified atom stereocenters. The Hall–Kier alpha value is -1.55. The third-order valence-corrected chi connectivity index (χ3v) is 2.66. The first-order valence-electron chi connectivity index (χ1n) is 5.12. The summed E-state index contributed by atoms with van der Waals surface area (Å²) in [6, 6.07) is 3.86. The van der Waals surface area contributed by atoms with E-state index >= 15 is 0 Å². The van der Waals surface area contributed by atoms with Crippen molar-refractivity contribution in [3.8, 4) is 5.75 Å². The summed E-state index contributed by atoms with van der Waals surface area (Å²) in [5.41, 5.74) is 3.33. The van der Waals surface area contributed by atoms with Gasteiger partial charge >= 0.3 is 5.97 Å². The Kier molecular flexibility index (Phi) is 4.31. The Labute approximate surface area is 95.2 Å². The van der Waals surface area contributed by atoms with Crippen LogP contribution in [0.15, 0.2) is 12.1 Å². The fourth-order valence-electron chi connectivity index (χ4n) is 1.57. The molecule has 0 heterocycles. The van der Waals surface area contributed by atoms with Gasteiger partial charge in [0.25, 0.3) is 0 Å². The normalized spacial score (nSPS) is 10.2. The predicted octanol–water partition coefficient (Wildman–Crippen LogP) is 1.49. The van der Waals surface area contributed by atoms with E-state index in [1.165, 1.54) is 0 Å². The van der Waals surface area contributed by atoms with Crippen LogP contribution in [0.2, 0.25) is 0 Å². The number of methoxy groups -OCH3 is 1. The topological polar surface area (TPSA) is 58.6 Å². The average molecular weight is 223 g/mol. The molecule has 0 aliphatic carbocycles. The molecule has 4 heteroatoms. The lowest BCUT2D eigenvalue weighted by atomic mass is 10.0. The van der Waals surface area contributed by atoms with Gasteiger partial charge in [-0.2, -0.15) is 0 Å². The Bertz CT molecular complexity index is 388. The highest BCUT2D eigenvalue weighted by Crippen LogP contribution is 2.23. The van der Waals surface area contributed by atoms with Gasteiger partial charge in [-0.25, -0.2) is 0 Å². The summed E-state index contributed by atoms with van der Waals surface area (Å²) in [4.78, 5) is 10.4. The number of carbonyl (C=O) groups is 1. The van der Waals surface area contributed by atoms with Crippen LogP contribution in [0.25, 0.3) is 0 Å². The van der Waals surface area contributed by atoms with E-state index < -0.39 is 5.97 Å². The second-order valence-electron chi connectivity index (χ2n) is 3.67. The summed E-state index contributed by atoms with van der Waals surface area (Å²) < 4.78 is 5.21. The molecule has 1 aromatic carbocycles. The molecule has 0 saturated carbocycles. The highest BCUT2D eigenvalue weighted by Gasteiger charge is 2.06. The van der Waals surface area contributed by atoms with Crippen LogP contribution in [0.1, 0.15) is 16.7 Å². The van der Waals surface area contributed by atoms with Crippen LogP contribution in [-0.2, 0) is 11.3 Å². The molecule has 0 saturated heterocycles. The molecule has 0 aromatic heterocycles. The third kappa shape index (κ3) is 2.97. The van der Waals surface area contributed by atoms with Crippen LogP contribution in [0.3, 0.4) is 0 Å². The Morgan fingerprint density at radius 3 is 2.62 bits per heavy atom. The van der Waals surface area contributed by atoms with Crippen LogP contribution in [-0.4, -0.2) is 24.7 Å². The van der Waals surface area contributed by atoms with Crippen molar-refractivity contribution in [2.24, 2.45) is 0 Å². The van der Waals surface area contributed by atoms with E-state index in [9.17, 15) is 4.79 Å². The van der Waals surface area contributed by atoms with Crippen molar-refractivity contribution in [2.45, 2.75) is 20.4 Å². The second kappa shape index (κ2) is 5.51. The summed E-state index contributed by atoms with van der Waals surface area (Å²) in [6.07, 6.45) is 0. The van der Waals surface area contributed by atoms with E-state index in [2.05, 4.69) is 5.32 Å². The summed E-state index contributed by atoms with van der Waals surface area (Å²) in [7, 11) is 1.64. The first kappa shape index (κ1) is 12.5. The molecule has 0 atom stereocenters. The number of carboxylic acids is 1. The van der Waals surface area contributed by atoms with E-state index in [0.717, 1.165) is 22.4 Å². The molecule has 2 N–H and O–H groups in total. The summed E-state index contributed by atoms with van der Waals surface area (Å²) >= 11 is 0. The molecule has 0 aliphatic heterocycles. The van der Waals surface area contributed by atoms with Gasteiger partial charge in [-0.15, -0.1) is 0 Å². The minimum absolute atomic E-state index is 0.0233. The van der Waals surface area contributed by atoms with E-state index in [-0.39, 0.29) is 6.54 Å². The van der Waals surface area contributed by atoms with Crippen LogP contribution in [0.4, 0.5) is 0 Å². The number of hydrogen-bond donors (Lipinski definition) is 2. The molecule has 0 fully saturated rings. The highest BCUT2D eigenvalue weighted by molar-refractivity contribution is 5.69. The maximum atomic E-state index is 10.4. The van der Waals surface area contributed by atoms with Gasteiger partial charge in [0.1, 0.15) is 5.75 Å². The number of benzene rings is 1. The first-order chi connectivity index (χ1) is 7.56. The minimum Gasteiger partial charge on any atom is -0.496 e. The largest absolute Gasteiger partial charge is 0.496 e. The van der Waals surface area contributed by atoms with Crippen LogP contribution >= 0.6 is 0 Å². The molecular weight excluding hydrogens is 206 g/mol. The number of aliphatic carboxylic acids is 1. The van der Waals surface area contributed by atoms with Crippen LogP contribution in [0.5, 0.6) is 5.75 Å². The lowest BCUT2D eigenvalue weighted by molar-refractivity contribution is -0.135. The number of hydrogen-bond acceptors (Lipinski definition) is 3. The molecule has 0 aliphatic rings. The van der Waals surface area contributed by atoms with E-state index in [4.69, 9.17) is 9.84 Å². The zero-order valence-corrected chi connectivity index (χ0v) is 9.83. The highest BCUT2D eigenvalue weighted by atomic mass is 16.5. The smallest absolute Gasteiger partial charge is 0.317 e. The lowest BCUT2D eigenvalue weighted by Gasteiger charge is -2.12. The Morgan fingerprint density at radius 1 is 1.38 bits per heavy atom. The Morgan fingerprint density at radius 2 is 2.06 bits per heavy atom. The molecule has 0 amide bonds. The maximum Gasteiger partial charge on any atom is 0.317 e. The zero-order valence-electron chi connectivity index (χ0n) is 9.83. The summed E-state index contributed by atoms with van der Waals surface area (Å²) in [5, 5.41) is 11.4.